The Hall–Kier alpha value is -3.78. The van der Waals surface area contributed by atoms with Gasteiger partial charge in [-0.1, -0.05) is 97.9 Å². The van der Waals surface area contributed by atoms with Crippen molar-refractivity contribution < 1.29 is 10.2 Å². The van der Waals surface area contributed by atoms with Crippen LogP contribution in [0.3, 0.4) is 0 Å². The fourth-order valence-electron chi connectivity index (χ4n) is 3.34. The first-order valence-corrected chi connectivity index (χ1v) is 10.1. The average molecular weight is 395 g/mol. The molecule has 0 saturated heterocycles. The zero-order valence-corrected chi connectivity index (χ0v) is 17.1. The maximum Gasteiger partial charge on any atom is 0.115 e. The Morgan fingerprint density at radius 1 is 0.500 bits per heavy atom. The Balaban J connectivity index is 0.000000310. The van der Waals surface area contributed by atoms with E-state index in [1.165, 1.54) is 22.3 Å². The monoisotopic (exact) mass is 394 g/mol. The van der Waals surface area contributed by atoms with Crippen LogP contribution in [0, 0.1) is 0 Å². The SMILES string of the molecule is CC/C(=C(\c1ccccc1)c1ccc(O)cc1)c1ccccc1.Oc1ccccc1. The van der Waals surface area contributed by atoms with E-state index in [0.717, 1.165) is 12.0 Å². The molecule has 150 valence electrons. The van der Waals surface area contributed by atoms with Crippen LogP contribution in [0.1, 0.15) is 30.0 Å². The number of rotatable bonds is 4. The minimum atomic E-state index is 0.291. The van der Waals surface area contributed by atoms with Gasteiger partial charge in [-0.3, -0.25) is 0 Å². The van der Waals surface area contributed by atoms with E-state index in [-0.39, 0.29) is 0 Å². The maximum absolute atomic E-state index is 9.61. The predicted octanol–water partition coefficient (Wildman–Crippen LogP) is 7.15. The molecule has 0 spiro atoms. The molecule has 0 aromatic heterocycles. The summed E-state index contributed by atoms with van der Waals surface area (Å²) in [6.07, 6.45) is 0.940. The molecule has 0 aliphatic heterocycles. The third kappa shape index (κ3) is 5.62. The van der Waals surface area contributed by atoms with Gasteiger partial charge in [0.15, 0.2) is 0 Å². The molecule has 0 unspecified atom stereocenters. The lowest BCUT2D eigenvalue weighted by molar-refractivity contribution is 0.475. The molecular formula is C28H26O2. The molecule has 0 bridgehead atoms. The number of hydrogen-bond acceptors (Lipinski definition) is 2. The second kappa shape index (κ2) is 10.7. The highest BCUT2D eigenvalue weighted by atomic mass is 16.3. The number of phenolic OH excluding ortho intramolecular Hbond substituents is 2. The van der Waals surface area contributed by atoms with Gasteiger partial charge in [0.1, 0.15) is 11.5 Å². The number of para-hydroxylation sites is 1. The quantitative estimate of drug-likeness (QED) is 0.361. The minimum absolute atomic E-state index is 0.291. The zero-order valence-electron chi connectivity index (χ0n) is 17.1. The second-order valence-corrected chi connectivity index (χ2v) is 6.82. The van der Waals surface area contributed by atoms with Crippen LogP contribution < -0.4 is 0 Å². The summed E-state index contributed by atoms with van der Waals surface area (Å²) >= 11 is 0. The Morgan fingerprint density at radius 2 is 0.900 bits per heavy atom. The first kappa shape index (κ1) is 20.9. The van der Waals surface area contributed by atoms with Crippen LogP contribution in [-0.4, -0.2) is 10.2 Å². The third-order valence-electron chi connectivity index (χ3n) is 4.75. The number of aromatic hydroxyl groups is 2. The van der Waals surface area contributed by atoms with Gasteiger partial charge >= 0.3 is 0 Å². The average Bonchev–Trinajstić information content (AvgIpc) is 2.80. The molecule has 2 nitrogen and oxygen atoms in total. The maximum atomic E-state index is 9.61. The standard InChI is InChI=1S/C22H20O.C6H6O/c1-2-21(17-9-5-3-6-10-17)22(18-11-7-4-8-12-18)19-13-15-20(23)16-14-19;7-6-4-2-1-3-5-6/h3-16,23H,2H2,1H3;1-5,7H/b22-21-;. The van der Waals surface area contributed by atoms with Crippen molar-refractivity contribution in [2.24, 2.45) is 0 Å². The molecule has 0 amide bonds. The molecule has 0 heterocycles. The smallest absolute Gasteiger partial charge is 0.115 e. The summed E-state index contributed by atoms with van der Waals surface area (Å²) in [5.74, 6) is 0.612. The van der Waals surface area contributed by atoms with Gasteiger partial charge in [-0.05, 0) is 58.5 Å². The summed E-state index contributed by atoms with van der Waals surface area (Å²) in [6, 6.07) is 37.1. The van der Waals surface area contributed by atoms with E-state index >= 15 is 0 Å². The number of allylic oxidation sites excluding steroid dienone is 1. The highest BCUT2D eigenvalue weighted by molar-refractivity contribution is 5.98. The highest BCUT2D eigenvalue weighted by Gasteiger charge is 2.12. The van der Waals surface area contributed by atoms with Crippen molar-refractivity contribution >= 4 is 11.1 Å². The molecule has 0 aliphatic rings. The van der Waals surface area contributed by atoms with Crippen LogP contribution >= 0.6 is 0 Å². The Morgan fingerprint density at radius 3 is 1.33 bits per heavy atom. The van der Waals surface area contributed by atoms with Gasteiger partial charge in [0.2, 0.25) is 0 Å². The van der Waals surface area contributed by atoms with Gasteiger partial charge in [0.05, 0.1) is 0 Å². The summed E-state index contributed by atoms with van der Waals surface area (Å²) in [5.41, 5.74) is 6.08. The molecule has 4 aromatic rings. The van der Waals surface area contributed by atoms with Gasteiger partial charge in [-0.25, -0.2) is 0 Å². The molecular weight excluding hydrogens is 368 g/mol. The summed E-state index contributed by atoms with van der Waals surface area (Å²) in [7, 11) is 0. The van der Waals surface area contributed by atoms with Gasteiger partial charge in [-0.15, -0.1) is 0 Å². The van der Waals surface area contributed by atoms with Crippen LogP contribution in [0.25, 0.3) is 11.1 Å². The fourth-order valence-corrected chi connectivity index (χ4v) is 3.34. The lowest BCUT2D eigenvalue weighted by atomic mass is 9.88. The number of hydrogen-bond donors (Lipinski definition) is 2. The van der Waals surface area contributed by atoms with Crippen LogP contribution in [0.5, 0.6) is 11.5 Å². The van der Waals surface area contributed by atoms with E-state index in [0.29, 0.717) is 11.5 Å². The summed E-state index contributed by atoms with van der Waals surface area (Å²) in [5, 5.41) is 18.2. The summed E-state index contributed by atoms with van der Waals surface area (Å²) in [4.78, 5) is 0. The molecule has 0 saturated carbocycles. The molecule has 2 N–H and O–H groups in total. The van der Waals surface area contributed by atoms with E-state index < -0.39 is 0 Å². The van der Waals surface area contributed by atoms with E-state index in [4.69, 9.17) is 5.11 Å². The third-order valence-corrected chi connectivity index (χ3v) is 4.75. The van der Waals surface area contributed by atoms with E-state index in [2.05, 4.69) is 55.5 Å². The number of benzene rings is 4. The first-order valence-electron chi connectivity index (χ1n) is 10.1. The predicted molar refractivity (Wildman–Crippen MR) is 125 cm³/mol. The topological polar surface area (TPSA) is 40.5 Å². The Bertz CT molecular complexity index is 1050. The van der Waals surface area contributed by atoms with Gasteiger partial charge in [0.25, 0.3) is 0 Å². The molecule has 2 heteroatoms. The van der Waals surface area contributed by atoms with E-state index in [9.17, 15) is 5.11 Å². The molecule has 0 radical (unpaired) electrons. The fraction of sp³-hybridized carbons (Fsp3) is 0.0714. The summed E-state index contributed by atoms with van der Waals surface area (Å²) in [6.45, 7) is 2.19. The summed E-state index contributed by atoms with van der Waals surface area (Å²) < 4.78 is 0. The van der Waals surface area contributed by atoms with Gasteiger partial charge in [0, 0.05) is 0 Å². The van der Waals surface area contributed by atoms with Crippen LogP contribution in [-0.2, 0) is 0 Å². The number of phenols is 2. The van der Waals surface area contributed by atoms with Crippen molar-refractivity contribution in [3.63, 3.8) is 0 Å². The normalized spacial score (nSPS) is 11.1. The lowest BCUT2D eigenvalue weighted by Gasteiger charge is -2.16. The molecule has 0 fully saturated rings. The molecule has 0 aliphatic carbocycles. The van der Waals surface area contributed by atoms with E-state index in [1.54, 1.807) is 36.4 Å². The molecule has 4 rings (SSSR count). The largest absolute Gasteiger partial charge is 0.508 e. The molecule has 0 atom stereocenters. The van der Waals surface area contributed by atoms with Crippen molar-refractivity contribution in [1.82, 2.24) is 0 Å². The Labute approximate surface area is 178 Å². The van der Waals surface area contributed by atoms with Crippen LogP contribution in [0.4, 0.5) is 0 Å². The molecule has 30 heavy (non-hydrogen) atoms. The molecule has 4 aromatic carbocycles. The first-order chi connectivity index (χ1) is 14.7. The van der Waals surface area contributed by atoms with Crippen molar-refractivity contribution in [3.8, 4) is 11.5 Å². The highest BCUT2D eigenvalue weighted by Crippen LogP contribution is 2.34. The lowest BCUT2D eigenvalue weighted by Crippen LogP contribution is -1.94. The van der Waals surface area contributed by atoms with Crippen molar-refractivity contribution in [1.29, 1.82) is 0 Å². The van der Waals surface area contributed by atoms with Gasteiger partial charge in [-0.2, -0.15) is 0 Å². The minimum Gasteiger partial charge on any atom is -0.508 e. The Kier molecular flexibility index (Phi) is 7.45. The van der Waals surface area contributed by atoms with Crippen molar-refractivity contribution in [2.75, 3.05) is 0 Å². The van der Waals surface area contributed by atoms with Crippen LogP contribution in [0.15, 0.2) is 115 Å². The van der Waals surface area contributed by atoms with Crippen LogP contribution in [0.2, 0.25) is 0 Å². The van der Waals surface area contributed by atoms with Crippen molar-refractivity contribution in [3.05, 3.63) is 132 Å². The van der Waals surface area contributed by atoms with E-state index in [1.807, 2.05) is 30.3 Å². The van der Waals surface area contributed by atoms with Crippen molar-refractivity contribution in [2.45, 2.75) is 13.3 Å². The second-order valence-electron chi connectivity index (χ2n) is 6.82. The van der Waals surface area contributed by atoms with Gasteiger partial charge < -0.3 is 10.2 Å². The zero-order chi connectivity index (χ0) is 21.2.